The second-order valence-electron chi connectivity index (χ2n) is 5.89. The Balaban J connectivity index is 2.24. The summed E-state index contributed by atoms with van der Waals surface area (Å²) in [6, 6.07) is 4.36. The number of halogens is 2. The smallest absolute Gasteiger partial charge is 0.258 e. The number of carbonyl (C=O) groups is 1. The van der Waals surface area contributed by atoms with Gasteiger partial charge in [-0.05, 0) is 30.9 Å². The topological polar surface area (TPSA) is 38.3 Å². The van der Waals surface area contributed by atoms with Crippen molar-refractivity contribution in [2.75, 3.05) is 13.0 Å². The van der Waals surface area contributed by atoms with Crippen LogP contribution in [0.3, 0.4) is 0 Å². The summed E-state index contributed by atoms with van der Waals surface area (Å²) in [5.41, 5.74) is -0.508. The molecule has 3 nitrogen and oxygen atoms in total. The Morgan fingerprint density at radius 1 is 1.57 bits per heavy atom. The van der Waals surface area contributed by atoms with E-state index in [1.807, 2.05) is 0 Å². The van der Waals surface area contributed by atoms with Gasteiger partial charge in [0.1, 0.15) is 17.1 Å². The van der Waals surface area contributed by atoms with Crippen LogP contribution in [-0.4, -0.2) is 24.4 Å². The number of ether oxygens (including phenoxy) is 1. The molecule has 2 atom stereocenters. The van der Waals surface area contributed by atoms with Gasteiger partial charge in [0.25, 0.3) is 5.91 Å². The Labute approximate surface area is 129 Å². The van der Waals surface area contributed by atoms with Crippen LogP contribution in [-0.2, 0) is 0 Å². The quantitative estimate of drug-likeness (QED) is 0.860. The van der Waals surface area contributed by atoms with E-state index in [4.69, 9.17) is 16.3 Å². The molecule has 1 aromatic rings. The average molecular weight is 314 g/mol. The molecule has 21 heavy (non-hydrogen) atoms. The summed E-state index contributed by atoms with van der Waals surface area (Å²) in [6.07, 6.45) is 3.79. The highest BCUT2D eigenvalue weighted by Gasteiger charge is 2.36. The largest absolute Gasteiger partial charge is 0.496 e. The van der Waals surface area contributed by atoms with Gasteiger partial charge in [-0.3, -0.25) is 4.79 Å². The molecule has 1 fully saturated rings. The van der Waals surface area contributed by atoms with Crippen molar-refractivity contribution in [1.82, 2.24) is 5.32 Å². The lowest BCUT2D eigenvalue weighted by molar-refractivity contribution is 0.0860. The fraction of sp³-hybridized carbons (Fsp3) is 0.562. The van der Waals surface area contributed by atoms with Crippen LogP contribution >= 0.6 is 11.6 Å². The van der Waals surface area contributed by atoms with Gasteiger partial charge >= 0.3 is 0 Å². The zero-order valence-corrected chi connectivity index (χ0v) is 13.2. The van der Waals surface area contributed by atoms with Crippen molar-refractivity contribution in [3.05, 3.63) is 29.6 Å². The van der Waals surface area contributed by atoms with E-state index in [2.05, 4.69) is 12.2 Å². The van der Waals surface area contributed by atoms with Crippen molar-refractivity contribution < 1.29 is 13.9 Å². The molecule has 1 N–H and O–H groups in total. The summed E-state index contributed by atoms with van der Waals surface area (Å²) in [4.78, 5) is 12.5. The molecule has 1 aliphatic carbocycles. The molecule has 2 unspecified atom stereocenters. The first kappa shape index (κ1) is 16.1. The Morgan fingerprint density at radius 2 is 2.33 bits per heavy atom. The number of hydrogen-bond donors (Lipinski definition) is 1. The van der Waals surface area contributed by atoms with Gasteiger partial charge in [0.2, 0.25) is 0 Å². The van der Waals surface area contributed by atoms with Crippen LogP contribution in [0.5, 0.6) is 5.75 Å². The maximum absolute atomic E-state index is 14.0. The SMILES string of the molecule is COc1cccc(F)c1C(=O)NC1(CCl)CCCC(C)C1. The minimum Gasteiger partial charge on any atom is -0.496 e. The number of hydrogen-bond acceptors (Lipinski definition) is 2. The molecule has 0 spiro atoms. The lowest BCUT2D eigenvalue weighted by Gasteiger charge is -2.39. The molecular formula is C16H21ClFNO2. The Hall–Kier alpha value is -1.29. The van der Waals surface area contributed by atoms with Crippen molar-refractivity contribution in [2.45, 2.75) is 38.1 Å². The number of rotatable bonds is 4. The Kier molecular flexibility index (Phi) is 5.09. The fourth-order valence-corrected chi connectivity index (χ4v) is 3.44. The molecule has 1 amide bonds. The second kappa shape index (κ2) is 6.65. The van der Waals surface area contributed by atoms with Crippen molar-refractivity contribution in [2.24, 2.45) is 5.92 Å². The van der Waals surface area contributed by atoms with Gasteiger partial charge in [-0.15, -0.1) is 11.6 Å². The highest BCUT2D eigenvalue weighted by Crippen LogP contribution is 2.34. The van der Waals surface area contributed by atoms with Crippen LogP contribution in [0.1, 0.15) is 43.0 Å². The molecule has 1 aromatic carbocycles. The molecule has 1 saturated carbocycles. The van der Waals surface area contributed by atoms with Gasteiger partial charge < -0.3 is 10.1 Å². The van der Waals surface area contributed by atoms with Crippen molar-refractivity contribution >= 4 is 17.5 Å². The molecular weight excluding hydrogens is 293 g/mol. The summed E-state index contributed by atoms with van der Waals surface area (Å²) in [5, 5.41) is 2.95. The van der Waals surface area contributed by atoms with Crippen LogP contribution < -0.4 is 10.1 Å². The standard InChI is InChI=1S/C16H21ClFNO2/c1-11-5-4-8-16(9-11,10-17)19-15(20)14-12(18)6-3-7-13(14)21-2/h3,6-7,11H,4-5,8-10H2,1-2H3,(H,19,20). The van der Waals surface area contributed by atoms with Gasteiger partial charge in [-0.25, -0.2) is 4.39 Å². The predicted octanol–water partition coefficient (Wildman–Crippen LogP) is 3.75. The van der Waals surface area contributed by atoms with Gasteiger partial charge in [0.05, 0.1) is 12.6 Å². The third kappa shape index (κ3) is 3.49. The molecule has 0 aromatic heterocycles. The average Bonchev–Trinajstić information content (AvgIpc) is 2.46. The molecule has 0 radical (unpaired) electrons. The van der Waals surface area contributed by atoms with Gasteiger partial charge in [0, 0.05) is 5.88 Å². The third-order valence-electron chi connectivity index (χ3n) is 4.15. The molecule has 0 saturated heterocycles. The number of amides is 1. The normalized spacial score (nSPS) is 25.4. The molecule has 0 bridgehead atoms. The van der Waals surface area contributed by atoms with Gasteiger partial charge in [-0.1, -0.05) is 25.8 Å². The van der Waals surface area contributed by atoms with E-state index >= 15 is 0 Å². The van der Waals surface area contributed by atoms with Crippen LogP contribution in [0.4, 0.5) is 4.39 Å². The number of benzene rings is 1. The van der Waals surface area contributed by atoms with Crippen LogP contribution in [0.15, 0.2) is 18.2 Å². The molecule has 0 aliphatic heterocycles. The van der Waals surface area contributed by atoms with E-state index in [0.717, 1.165) is 25.7 Å². The fourth-order valence-electron chi connectivity index (χ4n) is 3.13. The summed E-state index contributed by atoms with van der Waals surface area (Å²) in [5.74, 6) is 0.0290. The zero-order chi connectivity index (χ0) is 15.5. The van der Waals surface area contributed by atoms with Crippen LogP contribution in [0.2, 0.25) is 0 Å². The van der Waals surface area contributed by atoms with Crippen molar-refractivity contribution in [3.63, 3.8) is 0 Å². The van der Waals surface area contributed by atoms with Crippen molar-refractivity contribution in [1.29, 1.82) is 0 Å². The minimum atomic E-state index is -0.583. The second-order valence-corrected chi connectivity index (χ2v) is 6.15. The summed E-state index contributed by atoms with van der Waals surface area (Å²) < 4.78 is 19.1. The first-order valence-electron chi connectivity index (χ1n) is 7.22. The van der Waals surface area contributed by atoms with Gasteiger partial charge in [-0.2, -0.15) is 0 Å². The Morgan fingerprint density at radius 3 is 2.95 bits per heavy atom. The highest BCUT2D eigenvalue weighted by atomic mass is 35.5. The zero-order valence-electron chi connectivity index (χ0n) is 12.4. The van der Waals surface area contributed by atoms with E-state index in [0.29, 0.717) is 11.8 Å². The van der Waals surface area contributed by atoms with E-state index in [-0.39, 0.29) is 11.3 Å². The monoisotopic (exact) mass is 313 g/mol. The number of carbonyl (C=O) groups excluding carboxylic acids is 1. The third-order valence-corrected chi connectivity index (χ3v) is 4.66. The van der Waals surface area contributed by atoms with E-state index < -0.39 is 17.3 Å². The number of nitrogens with one attached hydrogen (secondary N) is 1. The van der Waals surface area contributed by atoms with E-state index in [1.165, 1.54) is 19.2 Å². The highest BCUT2D eigenvalue weighted by molar-refractivity contribution is 6.19. The van der Waals surface area contributed by atoms with Gasteiger partial charge in [0.15, 0.2) is 0 Å². The maximum Gasteiger partial charge on any atom is 0.258 e. The lowest BCUT2D eigenvalue weighted by atomic mass is 9.77. The molecule has 0 heterocycles. The summed E-state index contributed by atoms with van der Waals surface area (Å²) in [6.45, 7) is 2.15. The number of methoxy groups -OCH3 is 1. The van der Waals surface area contributed by atoms with Crippen LogP contribution in [0.25, 0.3) is 0 Å². The predicted molar refractivity (Wildman–Crippen MR) is 81.5 cm³/mol. The first-order valence-corrected chi connectivity index (χ1v) is 7.76. The number of alkyl halides is 1. The summed E-state index contributed by atoms with van der Waals surface area (Å²) >= 11 is 6.11. The lowest BCUT2D eigenvalue weighted by Crippen LogP contribution is -2.52. The molecule has 1 aliphatic rings. The minimum absolute atomic E-state index is 0.0530. The Bertz CT molecular complexity index is 523. The van der Waals surface area contributed by atoms with Crippen LogP contribution in [0, 0.1) is 11.7 Å². The van der Waals surface area contributed by atoms with E-state index in [1.54, 1.807) is 6.07 Å². The first-order chi connectivity index (χ1) is 10.0. The van der Waals surface area contributed by atoms with Crippen molar-refractivity contribution in [3.8, 4) is 5.75 Å². The molecule has 5 heteroatoms. The molecule has 116 valence electrons. The summed E-state index contributed by atoms with van der Waals surface area (Å²) in [7, 11) is 1.42. The molecule has 2 rings (SSSR count). The maximum atomic E-state index is 14.0. The van der Waals surface area contributed by atoms with E-state index in [9.17, 15) is 9.18 Å².